The first kappa shape index (κ1) is 12.4. The first-order valence-corrected chi connectivity index (χ1v) is 7.13. The highest BCUT2D eigenvalue weighted by Gasteiger charge is 2.38. The van der Waals surface area contributed by atoms with E-state index in [2.05, 4.69) is 72.9 Å². The van der Waals surface area contributed by atoms with E-state index in [1.807, 2.05) is 0 Å². The molecule has 2 aromatic rings. The summed E-state index contributed by atoms with van der Waals surface area (Å²) in [7, 11) is 0. The molecular formula is C18H21N. The molecule has 1 N–H and O–H groups in total. The first-order valence-electron chi connectivity index (χ1n) is 7.13. The summed E-state index contributed by atoms with van der Waals surface area (Å²) in [6.07, 6.45) is 1.25. The molecule has 0 saturated carbocycles. The summed E-state index contributed by atoms with van der Waals surface area (Å²) in [5.74, 6) is 0.664. The highest BCUT2D eigenvalue weighted by Crippen LogP contribution is 2.41. The Morgan fingerprint density at radius 3 is 1.84 bits per heavy atom. The maximum Gasteiger partial charge on any atom is 0.0215 e. The first-order chi connectivity index (χ1) is 9.32. The fourth-order valence-corrected chi connectivity index (χ4v) is 3.35. The van der Waals surface area contributed by atoms with Crippen LogP contribution in [0.15, 0.2) is 60.7 Å². The fraction of sp³-hybridized carbons (Fsp3) is 0.333. The smallest absolute Gasteiger partial charge is 0.0215 e. The van der Waals surface area contributed by atoms with Gasteiger partial charge < -0.3 is 5.32 Å². The molecule has 1 fully saturated rings. The molecule has 1 aliphatic heterocycles. The molecule has 0 spiro atoms. The Balaban J connectivity index is 2.10. The van der Waals surface area contributed by atoms with Crippen molar-refractivity contribution in [2.45, 2.75) is 18.8 Å². The summed E-state index contributed by atoms with van der Waals surface area (Å²) in [5, 5.41) is 3.52. The Kier molecular flexibility index (Phi) is 3.39. The van der Waals surface area contributed by atoms with Crippen LogP contribution in [-0.4, -0.2) is 13.1 Å². The number of hydrogen-bond donors (Lipinski definition) is 1. The molecule has 1 saturated heterocycles. The van der Waals surface area contributed by atoms with E-state index in [-0.39, 0.29) is 5.41 Å². The molecule has 3 rings (SSSR count). The predicted molar refractivity (Wildman–Crippen MR) is 80.3 cm³/mol. The maximum absolute atomic E-state index is 3.52. The summed E-state index contributed by atoms with van der Waals surface area (Å²) in [6.45, 7) is 4.65. The molecular weight excluding hydrogens is 230 g/mol. The Bertz CT molecular complexity index is 472. The van der Waals surface area contributed by atoms with Crippen molar-refractivity contribution >= 4 is 0 Å². The largest absolute Gasteiger partial charge is 0.316 e. The van der Waals surface area contributed by atoms with Crippen LogP contribution in [0.1, 0.15) is 24.5 Å². The molecule has 1 unspecified atom stereocenters. The highest BCUT2D eigenvalue weighted by molar-refractivity contribution is 5.39. The molecule has 1 heterocycles. The number of hydrogen-bond acceptors (Lipinski definition) is 1. The Hall–Kier alpha value is -1.60. The lowest BCUT2D eigenvalue weighted by Gasteiger charge is -2.36. The molecule has 1 nitrogen and oxygen atoms in total. The van der Waals surface area contributed by atoms with E-state index in [4.69, 9.17) is 0 Å². The molecule has 19 heavy (non-hydrogen) atoms. The second kappa shape index (κ2) is 5.18. The monoisotopic (exact) mass is 251 g/mol. The van der Waals surface area contributed by atoms with Crippen LogP contribution in [0.4, 0.5) is 0 Å². The molecule has 0 amide bonds. The molecule has 98 valence electrons. The molecule has 0 radical (unpaired) electrons. The Labute approximate surface area is 115 Å². The Morgan fingerprint density at radius 1 is 0.895 bits per heavy atom. The molecule has 0 aliphatic carbocycles. The van der Waals surface area contributed by atoms with Crippen molar-refractivity contribution in [1.82, 2.24) is 5.32 Å². The van der Waals surface area contributed by atoms with Crippen molar-refractivity contribution in [3.8, 4) is 0 Å². The van der Waals surface area contributed by atoms with Gasteiger partial charge in [-0.1, -0.05) is 67.6 Å². The molecule has 2 aromatic carbocycles. The Morgan fingerprint density at radius 2 is 1.42 bits per heavy atom. The third-order valence-electron chi connectivity index (χ3n) is 4.62. The van der Waals surface area contributed by atoms with Crippen LogP contribution in [0.5, 0.6) is 0 Å². The van der Waals surface area contributed by atoms with Crippen LogP contribution in [0.2, 0.25) is 0 Å². The number of benzene rings is 2. The predicted octanol–water partition coefficient (Wildman–Crippen LogP) is 3.60. The molecule has 1 heteroatoms. The van der Waals surface area contributed by atoms with Crippen LogP contribution in [0.3, 0.4) is 0 Å². The lowest BCUT2D eigenvalue weighted by molar-refractivity contribution is 0.373. The van der Waals surface area contributed by atoms with Gasteiger partial charge in [-0.25, -0.2) is 0 Å². The van der Waals surface area contributed by atoms with E-state index in [0.29, 0.717) is 5.92 Å². The minimum absolute atomic E-state index is 0.103. The quantitative estimate of drug-likeness (QED) is 0.879. The average molecular weight is 251 g/mol. The zero-order chi connectivity index (χ0) is 13.1. The SMILES string of the molecule is CC(c1ccccc1)(c1ccccc1)C1CCNC1. The minimum atomic E-state index is 0.103. The van der Waals surface area contributed by atoms with Gasteiger partial charge in [0, 0.05) is 5.41 Å². The summed E-state index contributed by atoms with van der Waals surface area (Å²) < 4.78 is 0. The van der Waals surface area contributed by atoms with Crippen LogP contribution >= 0.6 is 0 Å². The van der Waals surface area contributed by atoms with E-state index in [1.54, 1.807) is 0 Å². The van der Waals surface area contributed by atoms with Gasteiger partial charge in [-0.3, -0.25) is 0 Å². The lowest BCUT2D eigenvalue weighted by Crippen LogP contribution is -2.34. The van der Waals surface area contributed by atoms with Crippen LogP contribution in [0.25, 0.3) is 0 Å². The van der Waals surface area contributed by atoms with Gasteiger partial charge in [0.05, 0.1) is 0 Å². The van der Waals surface area contributed by atoms with Gasteiger partial charge in [-0.05, 0) is 36.6 Å². The minimum Gasteiger partial charge on any atom is -0.316 e. The van der Waals surface area contributed by atoms with Gasteiger partial charge in [-0.15, -0.1) is 0 Å². The van der Waals surface area contributed by atoms with Crippen molar-refractivity contribution in [2.24, 2.45) is 5.92 Å². The maximum atomic E-state index is 3.52. The van der Waals surface area contributed by atoms with Gasteiger partial charge in [0.1, 0.15) is 0 Å². The second-order valence-electron chi connectivity index (χ2n) is 5.62. The van der Waals surface area contributed by atoms with Crippen molar-refractivity contribution in [1.29, 1.82) is 0 Å². The van der Waals surface area contributed by atoms with E-state index >= 15 is 0 Å². The lowest BCUT2D eigenvalue weighted by atomic mass is 9.67. The van der Waals surface area contributed by atoms with E-state index in [9.17, 15) is 0 Å². The summed E-state index contributed by atoms with van der Waals surface area (Å²) in [5.41, 5.74) is 2.95. The summed E-state index contributed by atoms with van der Waals surface area (Å²) in [6, 6.07) is 21.9. The highest BCUT2D eigenvalue weighted by atomic mass is 14.9. The van der Waals surface area contributed by atoms with Crippen molar-refractivity contribution in [3.63, 3.8) is 0 Å². The zero-order valence-corrected chi connectivity index (χ0v) is 11.5. The van der Waals surface area contributed by atoms with Crippen LogP contribution in [-0.2, 0) is 5.41 Å². The van der Waals surface area contributed by atoms with Crippen LogP contribution < -0.4 is 5.32 Å². The summed E-state index contributed by atoms with van der Waals surface area (Å²) >= 11 is 0. The third kappa shape index (κ3) is 2.19. The van der Waals surface area contributed by atoms with E-state index in [1.165, 1.54) is 17.5 Å². The average Bonchev–Trinajstić information content (AvgIpc) is 3.03. The molecule has 0 aromatic heterocycles. The molecule has 1 atom stereocenters. The van der Waals surface area contributed by atoms with Gasteiger partial charge in [0.25, 0.3) is 0 Å². The van der Waals surface area contributed by atoms with E-state index in [0.717, 1.165) is 13.1 Å². The molecule has 1 aliphatic rings. The van der Waals surface area contributed by atoms with E-state index < -0.39 is 0 Å². The normalized spacial score (nSPS) is 19.5. The van der Waals surface area contributed by atoms with Crippen LogP contribution in [0, 0.1) is 5.92 Å². The summed E-state index contributed by atoms with van der Waals surface area (Å²) in [4.78, 5) is 0. The third-order valence-corrected chi connectivity index (χ3v) is 4.62. The standard InChI is InChI=1S/C18H21N/c1-18(17-12-13-19-14-17,15-8-4-2-5-9-15)16-10-6-3-7-11-16/h2-11,17,19H,12-14H2,1H3. The van der Waals surface area contributed by atoms with Crippen molar-refractivity contribution < 1.29 is 0 Å². The number of nitrogens with one attached hydrogen (secondary N) is 1. The van der Waals surface area contributed by atoms with Gasteiger partial charge in [0.2, 0.25) is 0 Å². The second-order valence-corrected chi connectivity index (χ2v) is 5.62. The van der Waals surface area contributed by atoms with Crippen molar-refractivity contribution in [2.75, 3.05) is 13.1 Å². The van der Waals surface area contributed by atoms with Crippen molar-refractivity contribution in [3.05, 3.63) is 71.8 Å². The topological polar surface area (TPSA) is 12.0 Å². The van der Waals surface area contributed by atoms with Gasteiger partial charge in [0.15, 0.2) is 0 Å². The number of rotatable bonds is 3. The van der Waals surface area contributed by atoms with Gasteiger partial charge >= 0.3 is 0 Å². The zero-order valence-electron chi connectivity index (χ0n) is 11.5. The molecule has 0 bridgehead atoms. The fourth-order valence-electron chi connectivity index (χ4n) is 3.35. The van der Waals surface area contributed by atoms with Gasteiger partial charge in [-0.2, -0.15) is 0 Å².